The molecule has 1 atom stereocenters. The van der Waals surface area contributed by atoms with Crippen LogP contribution >= 0.6 is 0 Å². The number of ketones is 1. The summed E-state index contributed by atoms with van der Waals surface area (Å²) in [7, 11) is 0. The van der Waals surface area contributed by atoms with Gasteiger partial charge >= 0.3 is 0 Å². The lowest BCUT2D eigenvalue weighted by molar-refractivity contribution is -0.139. The van der Waals surface area contributed by atoms with Gasteiger partial charge in [-0.05, 0) is 48.2 Å². The first-order valence-electron chi connectivity index (χ1n) is 11.7. The smallest absolute Gasteiger partial charge is 0.295 e. The lowest BCUT2D eigenvalue weighted by atomic mass is 9.94. The molecule has 3 aromatic rings. The Morgan fingerprint density at radius 2 is 1.86 bits per heavy atom. The van der Waals surface area contributed by atoms with E-state index in [1.165, 1.54) is 0 Å². The van der Waals surface area contributed by atoms with E-state index in [1.54, 1.807) is 47.8 Å². The minimum Gasteiger partial charge on any atom is -0.507 e. The molecule has 1 aromatic heterocycles. The van der Waals surface area contributed by atoms with Gasteiger partial charge in [0.05, 0.1) is 17.9 Å². The lowest BCUT2D eigenvalue weighted by Gasteiger charge is -2.25. The molecule has 35 heavy (non-hydrogen) atoms. The Morgan fingerprint density at radius 3 is 2.49 bits per heavy atom. The number of aliphatic hydroxyl groups excluding tert-OH is 1. The van der Waals surface area contributed by atoms with Crippen LogP contribution in [-0.4, -0.2) is 44.4 Å². The zero-order chi connectivity index (χ0) is 24.8. The van der Waals surface area contributed by atoms with Gasteiger partial charge in [0.1, 0.15) is 18.1 Å². The number of imidazole rings is 1. The maximum atomic E-state index is 13.2. The van der Waals surface area contributed by atoms with Crippen LogP contribution in [0.4, 0.5) is 0 Å². The number of nitrogens with zero attached hydrogens (tertiary/aromatic N) is 3. The summed E-state index contributed by atoms with van der Waals surface area (Å²) in [4.78, 5) is 31.9. The molecular formula is C28H29N3O4. The van der Waals surface area contributed by atoms with Crippen LogP contribution in [0, 0.1) is 0 Å². The lowest BCUT2D eigenvalue weighted by Crippen LogP contribution is -2.31. The number of aliphatic hydroxyl groups is 1. The number of amides is 1. The third-order valence-electron chi connectivity index (χ3n) is 6.11. The summed E-state index contributed by atoms with van der Waals surface area (Å²) in [5.41, 5.74) is 2.49. The molecule has 1 amide bonds. The number of Topliss-reactive ketones (excluding diaryl/α,β-unsaturated/α-hetero) is 1. The minimum absolute atomic E-state index is 0.0987. The van der Waals surface area contributed by atoms with Gasteiger partial charge in [0.25, 0.3) is 11.7 Å². The maximum absolute atomic E-state index is 13.2. The van der Waals surface area contributed by atoms with Crippen molar-refractivity contribution in [2.45, 2.75) is 32.4 Å². The molecule has 2 aromatic carbocycles. The Bertz CT molecular complexity index is 1210. The van der Waals surface area contributed by atoms with E-state index in [1.807, 2.05) is 35.0 Å². The van der Waals surface area contributed by atoms with E-state index in [0.717, 1.165) is 17.5 Å². The van der Waals surface area contributed by atoms with Gasteiger partial charge < -0.3 is 19.3 Å². The number of aromatic nitrogens is 2. The molecule has 2 heterocycles. The van der Waals surface area contributed by atoms with Crippen LogP contribution in [0.3, 0.4) is 0 Å². The molecule has 1 unspecified atom stereocenters. The average Bonchev–Trinajstić information content (AvgIpc) is 3.50. The normalized spacial score (nSPS) is 17.1. The van der Waals surface area contributed by atoms with E-state index in [4.69, 9.17) is 4.74 Å². The van der Waals surface area contributed by atoms with Crippen LogP contribution in [-0.2, 0) is 22.6 Å². The minimum atomic E-state index is -0.679. The summed E-state index contributed by atoms with van der Waals surface area (Å²) in [5.74, 6) is -0.859. The van der Waals surface area contributed by atoms with Crippen molar-refractivity contribution < 1.29 is 19.4 Å². The molecule has 1 saturated heterocycles. The monoisotopic (exact) mass is 471 g/mol. The maximum Gasteiger partial charge on any atom is 0.295 e. The topological polar surface area (TPSA) is 84.7 Å². The summed E-state index contributed by atoms with van der Waals surface area (Å²) in [5, 5.41) is 11.2. The van der Waals surface area contributed by atoms with Gasteiger partial charge in [-0.1, -0.05) is 43.8 Å². The van der Waals surface area contributed by atoms with E-state index < -0.39 is 17.7 Å². The van der Waals surface area contributed by atoms with Crippen molar-refractivity contribution in [3.05, 3.63) is 102 Å². The zero-order valence-electron chi connectivity index (χ0n) is 19.8. The quantitative estimate of drug-likeness (QED) is 0.203. The van der Waals surface area contributed by atoms with Gasteiger partial charge in [0, 0.05) is 31.0 Å². The predicted molar refractivity (Wildman–Crippen MR) is 134 cm³/mol. The number of aryl methyl sites for hydroxylation is 2. The standard InChI is InChI=1S/C28H29N3O4/c1-3-18-35-23-12-10-22(11-13-23)26(32)24-25(21-8-6-20(4-2)7-9-21)31(28(34)27(24)33)16-5-15-30-17-14-29-19-30/h3,6-14,17,19,25,32H,1,4-5,15-16,18H2,2H3. The first kappa shape index (κ1) is 24.0. The Morgan fingerprint density at radius 1 is 1.11 bits per heavy atom. The van der Waals surface area contributed by atoms with Crippen LogP contribution < -0.4 is 4.74 Å². The number of carbonyl (C=O) groups excluding carboxylic acids is 2. The van der Waals surface area contributed by atoms with E-state index in [-0.39, 0.29) is 11.3 Å². The summed E-state index contributed by atoms with van der Waals surface area (Å²) < 4.78 is 7.43. The molecule has 1 aliphatic heterocycles. The van der Waals surface area contributed by atoms with E-state index in [2.05, 4.69) is 18.5 Å². The summed E-state index contributed by atoms with van der Waals surface area (Å²) in [6.07, 6.45) is 8.45. The first-order valence-corrected chi connectivity index (χ1v) is 11.7. The molecule has 4 rings (SSSR count). The van der Waals surface area contributed by atoms with Gasteiger partial charge in [0.2, 0.25) is 0 Å². The van der Waals surface area contributed by atoms with Crippen molar-refractivity contribution in [1.82, 2.24) is 14.5 Å². The number of hydrogen-bond donors (Lipinski definition) is 1. The molecule has 0 spiro atoms. The zero-order valence-corrected chi connectivity index (χ0v) is 19.8. The largest absolute Gasteiger partial charge is 0.507 e. The summed E-state index contributed by atoms with van der Waals surface area (Å²) in [6.45, 7) is 7.09. The molecule has 7 nitrogen and oxygen atoms in total. The first-order chi connectivity index (χ1) is 17.0. The van der Waals surface area contributed by atoms with Crippen LogP contribution in [0.25, 0.3) is 5.76 Å². The van der Waals surface area contributed by atoms with Gasteiger partial charge in [-0.25, -0.2) is 4.98 Å². The number of ether oxygens (including phenoxy) is 1. The summed E-state index contributed by atoms with van der Waals surface area (Å²) >= 11 is 0. The van der Waals surface area contributed by atoms with Crippen molar-refractivity contribution >= 4 is 17.4 Å². The number of carbonyl (C=O) groups is 2. The third kappa shape index (κ3) is 5.19. The van der Waals surface area contributed by atoms with Crippen molar-refractivity contribution in [2.24, 2.45) is 0 Å². The molecule has 7 heteroatoms. The number of rotatable bonds is 10. The summed E-state index contributed by atoms with van der Waals surface area (Å²) in [6, 6.07) is 14.0. The third-order valence-corrected chi connectivity index (χ3v) is 6.11. The Hall–Kier alpha value is -4.13. The van der Waals surface area contributed by atoms with Crippen molar-refractivity contribution in [3.63, 3.8) is 0 Å². The molecule has 1 fully saturated rings. The van der Waals surface area contributed by atoms with Crippen molar-refractivity contribution in [2.75, 3.05) is 13.2 Å². The highest BCUT2D eigenvalue weighted by molar-refractivity contribution is 6.46. The Labute approximate surface area is 205 Å². The fourth-order valence-electron chi connectivity index (χ4n) is 4.26. The number of hydrogen-bond acceptors (Lipinski definition) is 5. The highest BCUT2D eigenvalue weighted by Gasteiger charge is 2.45. The second-order valence-corrected chi connectivity index (χ2v) is 8.37. The molecule has 1 N–H and O–H groups in total. The van der Waals surface area contributed by atoms with Crippen LogP contribution in [0.5, 0.6) is 5.75 Å². The predicted octanol–water partition coefficient (Wildman–Crippen LogP) is 4.52. The van der Waals surface area contributed by atoms with E-state index in [9.17, 15) is 14.7 Å². The van der Waals surface area contributed by atoms with Gasteiger partial charge in [-0.3, -0.25) is 9.59 Å². The Kier molecular flexibility index (Phi) is 7.45. The van der Waals surface area contributed by atoms with Gasteiger partial charge in [0.15, 0.2) is 0 Å². The SMILES string of the molecule is C=CCOc1ccc(C(O)=C2C(=O)C(=O)N(CCCn3ccnc3)C2c2ccc(CC)cc2)cc1. The molecule has 180 valence electrons. The average molecular weight is 472 g/mol. The van der Waals surface area contributed by atoms with Crippen LogP contribution in [0.15, 0.2) is 85.5 Å². The molecule has 0 radical (unpaired) electrons. The molecular weight excluding hydrogens is 442 g/mol. The Balaban J connectivity index is 1.69. The number of likely N-dealkylation sites (tertiary alicyclic amines) is 1. The molecule has 1 aliphatic rings. The second-order valence-electron chi connectivity index (χ2n) is 8.37. The van der Waals surface area contributed by atoms with Gasteiger partial charge in [-0.2, -0.15) is 0 Å². The van der Waals surface area contributed by atoms with Crippen molar-refractivity contribution in [3.8, 4) is 5.75 Å². The van der Waals surface area contributed by atoms with E-state index in [0.29, 0.717) is 37.4 Å². The fraction of sp³-hybridized carbons (Fsp3) is 0.250. The van der Waals surface area contributed by atoms with Crippen molar-refractivity contribution in [1.29, 1.82) is 0 Å². The highest BCUT2D eigenvalue weighted by Crippen LogP contribution is 2.39. The molecule has 0 bridgehead atoms. The molecule has 0 saturated carbocycles. The fourth-order valence-corrected chi connectivity index (χ4v) is 4.26. The van der Waals surface area contributed by atoms with E-state index >= 15 is 0 Å². The van der Waals surface area contributed by atoms with Gasteiger partial charge in [-0.15, -0.1) is 0 Å². The second kappa shape index (κ2) is 10.9. The van der Waals surface area contributed by atoms with Crippen LogP contribution in [0.2, 0.25) is 0 Å². The molecule has 0 aliphatic carbocycles. The highest BCUT2D eigenvalue weighted by atomic mass is 16.5. The number of benzene rings is 2. The van der Waals surface area contributed by atoms with Crippen LogP contribution in [0.1, 0.15) is 36.1 Å².